The van der Waals surface area contributed by atoms with Crippen molar-refractivity contribution in [2.45, 2.75) is 53.5 Å². The first kappa shape index (κ1) is 13.6. The van der Waals surface area contributed by atoms with Crippen LogP contribution < -0.4 is 0 Å². The minimum absolute atomic E-state index is 0.0112. The van der Waals surface area contributed by atoms with Gasteiger partial charge in [0.15, 0.2) is 5.78 Å². The molecule has 0 N–H and O–H groups in total. The van der Waals surface area contributed by atoms with E-state index in [1.165, 1.54) is 0 Å². The van der Waals surface area contributed by atoms with Crippen LogP contribution in [0.15, 0.2) is 0 Å². The van der Waals surface area contributed by atoms with Crippen molar-refractivity contribution in [1.82, 2.24) is 4.90 Å². The molecule has 18 heavy (non-hydrogen) atoms. The van der Waals surface area contributed by atoms with E-state index in [1.54, 1.807) is 6.92 Å². The number of likely N-dealkylation sites (tertiary alicyclic amines) is 1. The SMILES string of the molecule is CCC1CN(C(C)=O)[C@H](C(=O)C(C)C)C12C[C@H]2C. The van der Waals surface area contributed by atoms with Gasteiger partial charge in [0, 0.05) is 24.8 Å². The van der Waals surface area contributed by atoms with Crippen molar-refractivity contribution in [1.29, 1.82) is 0 Å². The van der Waals surface area contributed by atoms with Crippen LogP contribution in [-0.4, -0.2) is 29.2 Å². The number of hydrogen-bond acceptors (Lipinski definition) is 2. The van der Waals surface area contributed by atoms with Gasteiger partial charge in [0.1, 0.15) is 0 Å². The van der Waals surface area contributed by atoms with Crippen molar-refractivity contribution in [2.75, 3.05) is 6.54 Å². The first-order valence-electron chi connectivity index (χ1n) is 7.17. The summed E-state index contributed by atoms with van der Waals surface area (Å²) >= 11 is 0. The van der Waals surface area contributed by atoms with E-state index in [0.29, 0.717) is 11.8 Å². The van der Waals surface area contributed by atoms with Crippen LogP contribution in [-0.2, 0) is 9.59 Å². The molecule has 1 aliphatic carbocycles. The predicted octanol–water partition coefficient (Wildman–Crippen LogP) is 2.49. The lowest BCUT2D eigenvalue weighted by atomic mass is 9.79. The molecule has 4 atom stereocenters. The Kier molecular flexibility index (Phi) is 3.28. The standard InChI is InChI=1S/C15H25NO2/c1-6-12-8-16(11(5)17)14(13(18)9(2)3)15(12)7-10(15)4/h9-10,12,14H,6-8H2,1-5H3/t10-,12?,14-,15?/m1/s1. The quantitative estimate of drug-likeness (QED) is 0.773. The highest BCUT2D eigenvalue weighted by Gasteiger charge is 2.68. The largest absolute Gasteiger partial charge is 0.332 e. The van der Waals surface area contributed by atoms with Crippen molar-refractivity contribution < 1.29 is 9.59 Å². The molecule has 1 amide bonds. The Morgan fingerprint density at radius 2 is 1.94 bits per heavy atom. The maximum atomic E-state index is 12.5. The molecule has 2 rings (SSSR count). The van der Waals surface area contributed by atoms with Crippen LogP contribution in [0.25, 0.3) is 0 Å². The van der Waals surface area contributed by atoms with Gasteiger partial charge in [0.05, 0.1) is 6.04 Å². The lowest BCUT2D eigenvalue weighted by Crippen LogP contribution is -2.45. The molecule has 1 heterocycles. The van der Waals surface area contributed by atoms with Crippen LogP contribution in [0.1, 0.15) is 47.5 Å². The molecule has 1 saturated heterocycles. The van der Waals surface area contributed by atoms with Crippen molar-refractivity contribution in [3.05, 3.63) is 0 Å². The molecule has 2 aliphatic rings. The predicted molar refractivity (Wildman–Crippen MR) is 71.0 cm³/mol. The van der Waals surface area contributed by atoms with Gasteiger partial charge in [-0.05, 0) is 18.3 Å². The van der Waals surface area contributed by atoms with Crippen LogP contribution in [0, 0.1) is 23.2 Å². The highest BCUT2D eigenvalue weighted by atomic mass is 16.2. The zero-order chi connectivity index (χ0) is 13.7. The summed E-state index contributed by atoms with van der Waals surface area (Å²) in [6.45, 7) is 10.7. The second kappa shape index (κ2) is 4.36. The zero-order valence-electron chi connectivity index (χ0n) is 12.2. The molecule has 0 aromatic heterocycles. The number of Topliss-reactive ketones (excluding diaryl/α,β-unsaturated/α-hetero) is 1. The normalized spacial score (nSPS) is 38.6. The molecule has 3 nitrogen and oxygen atoms in total. The molecule has 0 radical (unpaired) electrons. The van der Waals surface area contributed by atoms with Crippen molar-refractivity contribution >= 4 is 11.7 Å². The molecule has 0 aromatic rings. The van der Waals surface area contributed by atoms with Crippen molar-refractivity contribution in [3.8, 4) is 0 Å². The van der Waals surface area contributed by atoms with E-state index in [9.17, 15) is 9.59 Å². The average molecular weight is 251 g/mol. The molecule has 2 unspecified atom stereocenters. The van der Waals surface area contributed by atoms with E-state index in [2.05, 4.69) is 13.8 Å². The Labute approximate surface area is 110 Å². The zero-order valence-corrected chi connectivity index (χ0v) is 12.2. The summed E-state index contributed by atoms with van der Waals surface area (Å²) in [5.74, 6) is 1.41. The molecule has 1 spiro atoms. The Hall–Kier alpha value is -0.860. The van der Waals surface area contributed by atoms with E-state index in [4.69, 9.17) is 0 Å². The second-order valence-electron chi connectivity index (χ2n) is 6.45. The first-order valence-corrected chi connectivity index (χ1v) is 7.17. The number of carbonyl (C=O) groups is 2. The van der Waals surface area contributed by atoms with Gasteiger partial charge >= 0.3 is 0 Å². The first-order chi connectivity index (χ1) is 8.36. The Morgan fingerprint density at radius 1 is 1.39 bits per heavy atom. The number of rotatable bonds is 3. The molecular weight excluding hydrogens is 226 g/mol. The van der Waals surface area contributed by atoms with Gasteiger partial charge in [-0.1, -0.05) is 34.1 Å². The lowest BCUT2D eigenvalue weighted by Gasteiger charge is -2.29. The average Bonchev–Trinajstić information content (AvgIpc) is 2.83. The molecule has 102 valence electrons. The van der Waals surface area contributed by atoms with Crippen molar-refractivity contribution in [3.63, 3.8) is 0 Å². The fraction of sp³-hybridized carbons (Fsp3) is 0.867. The summed E-state index contributed by atoms with van der Waals surface area (Å²) in [7, 11) is 0. The maximum Gasteiger partial charge on any atom is 0.220 e. The van der Waals surface area contributed by atoms with Gasteiger partial charge < -0.3 is 4.90 Å². The fourth-order valence-corrected chi connectivity index (χ4v) is 4.00. The van der Waals surface area contributed by atoms with Gasteiger partial charge in [-0.2, -0.15) is 0 Å². The van der Waals surface area contributed by atoms with E-state index in [0.717, 1.165) is 19.4 Å². The third kappa shape index (κ3) is 1.70. The molecule has 0 aromatic carbocycles. The fourth-order valence-electron chi connectivity index (χ4n) is 4.00. The summed E-state index contributed by atoms with van der Waals surface area (Å²) in [4.78, 5) is 26.2. The summed E-state index contributed by atoms with van der Waals surface area (Å²) in [5.41, 5.74) is 0.0990. The third-order valence-electron chi connectivity index (χ3n) is 5.15. The van der Waals surface area contributed by atoms with Gasteiger partial charge in [-0.15, -0.1) is 0 Å². The minimum Gasteiger partial charge on any atom is -0.332 e. The minimum atomic E-state index is -0.157. The van der Waals surface area contributed by atoms with Gasteiger partial charge in [0.25, 0.3) is 0 Å². The highest BCUT2D eigenvalue weighted by molar-refractivity contribution is 5.91. The molecule has 0 bridgehead atoms. The summed E-state index contributed by atoms with van der Waals surface area (Å²) in [6.07, 6.45) is 2.18. The molecular formula is C15H25NO2. The molecule has 2 fully saturated rings. The van der Waals surface area contributed by atoms with Gasteiger partial charge in [0.2, 0.25) is 5.91 Å². The highest BCUT2D eigenvalue weighted by Crippen LogP contribution is 2.65. The molecule has 1 saturated carbocycles. The van der Waals surface area contributed by atoms with Crippen LogP contribution in [0.2, 0.25) is 0 Å². The van der Waals surface area contributed by atoms with Gasteiger partial charge in [-0.25, -0.2) is 0 Å². The van der Waals surface area contributed by atoms with E-state index >= 15 is 0 Å². The number of nitrogens with zero attached hydrogens (tertiary/aromatic N) is 1. The van der Waals surface area contributed by atoms with Crippen LogP contribution >= 0.6 is 0 Å². The van der Waals surface area contributed by atoms with Crippen molar-refractivity contribution in [2.24, 2.45) is 23.2 Å². The van der Waals surface area contributed by atoms with Gasteiger partial charge in [-0.3, -0.25) is 9.59 Å². The number of hydrogen-bond donors (Lipinski definition) is 0. The maximum absolute atomic E-state index is 12.5. The van der Waals surface area contributed by atoms with Crippen LogP contribution in [0.5, 0.6) is 0 Å². The monoisotopic (exact) mass is 251 g/mol. The second-order valence-corrected chi connectivity index (χ2v) is 6.45. The Bertz CT molecular complexity index is 377. The molecule has 1 aliphatic heterocycles. The third-order valence-corrected chi connectivity index (χ3v) is 5.15. The summed E-state index contributed by atoms with van der Waals surface area (Å²) in [6, 6.07) is -0.157. The topological polar surface area (TPSA) is 37.4 Å². The lowest BCUT2D eigenvalue weighted by molar-refractivity contribution is -0.138. The number of carbonyl (C=O) groups excluding carboxylic acids is 2. The van der Waals surface area contributed by atoms with E-state index in [1.807, 2.05) is 18.7 Å². The van der Waals surface area contributed by atoms with E-state index < -0.39 is 0 Å². The Balaban J connectivity index is 2.36. The summed E-state index contributed by atoms with van der Waals surface area (Å²) in [5, 5.41) is 0. The number of amides is 1. The summed E-state index contributed by atoms with van der Waals surface area (Å²) < 4.78 is 0. The molecule has 3 heteroatoms. The van der Waals surface area contributed by atoms with Crippen LogP contribution in [0.4, 0.5) is 0 Å². The van der Waals surface area contributed by atoms with E-state index in [-0.39, 0.29) is 29.1 Å². The van der Waals surface area contributed by atoms with Crippen LogP contribution in [0.3, 0.4) is 0 Å². The Morgan fingerprint density at radius 3 is 2.28 bits per heavy atom. The number of ketones is 1. The smallest absolute Gasteiger partial charge is 0.220 e.